The first-order valence-corrected chi connectivity index (χ1v) is 5.91. The van der Waals surface area contributed by atoms with Gasteiger partial charge in [0.25, 0.3) is 5.91 Å². The van der Waals surface area contributed by atoms with Gasteiger partial charge in [0.2, 0.25) is 0 Å². The van der Waals surface area contributed by atoms with Crippen LogP contribution in [0.25, 0.3) is 16.7 Å². The van der Waals surface area contributed by atoms with Crippen molar-refractivity contribution in [2.24, 2.45) is 0 Å². The summed E-state index contributed by atoms with van der Waals surface area (Å²) in [6, 6.07) is 11.1. The third kappa shape index (κ3) is 1.95. The summed E-state index contributed by atoms with van der Waals surface area (Å²) in [7, 11) is 1.61. The number of fused-ring (bicyclic) bond motifs is 1. The van der Waals surface area contributed by atoms with E-state index in [0.717, 1.165) is 16.7 Å². The topological polar surface area (TPSA) is 59.8 Å². The van der Waals surface area contributed by atoms with Gasteiger partial charge in [0.1, 0.15) is 0 Å². The van der Waals surface area contributed by atoms with E-state index in [1.165, 1.54) is 0 Å². The van der Waals surface area contributed by atoms with Crippen LogP contribution in [0.3, 0.4) is 0 Å². The normalized spacial score (nSPS) is 10.6. The third-order valence-electron chi connectivity index (χ3n) is 2.93. The molecule has 0 saturated carbocycles. The van der Waals surface area contributed by atoms with Gasteiger partial charge < -0.3 is 5.32 Å². The molecule has 0 fully saturated rings. The van der Waals surface area contributed by atoms with Crippen LogP contribution in [0.15, 0.2) is 48.8 Å². The summed E-state index contributed by atoms with van der Waals surface area (Å²) in [5, 5.41) is 7.89. The lowest BCUT2D eigenvalue weighted by atomic mass is 10.2. The molecule has 1 N–H and O–H groups in total. The second-order valence-electron chi connectivity index (χ2n) is 4.10. The highest BCUT2D eigenvalue weighted by Crippen LogP contribution is 2.16. The number of benzene rings is 1. The van der Waals surface area contributed by atoms with Crippen LogP contribution >= 0.6 is 0 Å². The SMILES string of the molecule is CNC(=O)c1ccc(-n2ncc3cccnc32)cc1. The second-order valence-corrected chi connectivity index (χ2v) is 4.10. The number of nitrogens with zero attached hydrogens (tertiary/aromatic N) is 3. The van der Waals surface area contributed by atoms with Gasteiger partial charge in [-0.05, 0) is 36.4 Å². The van der Waals surface area contributed by atoms with Gasteiger partial charge in [-0.15, -0.1) is 0 Å². The molecule has 3 aromatic rings. The van der Waals surface area contributed by atoms with Crippen LogP contribution < -0.4 is 5.32 Å². The zero-order valence-electron chi connectivity index (χ0n) is 10.4. The van der Waals surface area contributed by atoms with Crippen LogP contribution in [0.1, 0.15) is 10.4 Å². The van der Waals surface area contributed by atoms with E-state index in [1.54, 1.807) is 36.3 Å². The van der Waals surface area contributed by atoms with E-state index in [-0.39, 0.29) is 5.91 Å². The van der Waals surface area contributed by atoms with Crippen LogP contribution in [0.2, 0.25) is 0 Å². The quantitative estimate of drug-likeness (QED) is 0.756. The van der Waals surface area contributed by atoms with Crippen LogP contribution in [-0.2, 0) is 0 Å². The molecule has 1 amide bonds. The molecular formula is C14H12N4O. The summed E-state index contributed by atoms with van der Waals surface area (Å²) in [4.78, 5) is 15.8. The molecule has 3 rings (SSSR count). The smallest absolute Gasteiger partial charge is 0.251 e. The molecule has 1 aromatic carbocycles. The fourth-order valence-corrected chi connectivity index (χ4v) is 1.95. The van der Waals surface area contributed by atoms with Gasteiger partial charge in [-0.25, -0.2) is 9.67 Å². The lowest BCUT2D eigenvalue weighted by Crippen LogP contribution is -2.17. The molecule has 0 aliphatic heterocycles. The maximum Gasteiger partial charge on any atom is 0.251 e. The average Bonchev–Trinajstić information content (AvgIpc) is 2.90. The summed E-state index contributed by atoms with van der Waals surface area (Å²) in [5.41, 5.74) is 2.30. The minimum atomic E-state index is -0.102. The molecule has 0 spiro atoms. The lowest BCUT2D eigenvalue weighted by molar-refractivity contribution is 0.0963. The Bertz CT molecular complexity index is 731. The molecular weight excluding hydrogens is 240 g/mol. The van der Waals surface area contributed by atoms with Gasteiger partial charge in [0.15, 0.2) is 5.65 Å². The van der Waals surface area contributed by atoms with Crippen molar-refractivity contribution in [3.8, 4) is 5.69 Å². The van der Waals surface area contributed by atoms with Crippen molar-refractivity contribution >= 4 is 16.9 Å². The Morgan fingerprint density at radius 2 is 2.00 bits per heavy atom. The Morgan fingerprint density at radius 1 is 1.21 bits per heavy atom. The zero-order chi connectivity index (χ0) is 13.2. The molecule has 0 aliphatic carbocycles. The van der Waals surface area contributed by atoms with Crippen LogP contribution in [0.5, 0.6) is 0 Å². The van der Waals surface area contributed by atoms with E-state index >= 15 is 0 Å². The summed E-state index contributed by atoms with van der Waals surface area (Å²) in [5.74, 6) is -0.102. The Kier molecular flexibility index (Phi) is 2.72. The Labute approximate surface area is 109 Å². The standard InChI is InChI=1S/C14H12N4O/c1-15-14(19)10-4-6-12(7-5-10)18-13-11(9-17-18)3-2-8-16-13/h2-9H,1H3,(H,15,19). The molecule has 0 atom stereocenters. The predicted octanol–water partition coefficient (Wildman–Crippen LogP) is 1.78. The summed E-state index contributed by atoms with van der Waals surface area (Å²) in [6.07, 6.45) is 3.51. The molecule has 5 heteroatoms. The number of hydrogen-bond acceptors (Lipinski definition) is 3. The van der Waals surface area contributed by atoms with E-state index in [9.17, 15) is 4.79 Å². The van der Waals surface area contributed by atoms with E-state index in [0.29, 0.717) is 5.56 Å². The number of hydrogen-bond donors (Lipinski definition) is 1. The highest BCUT2D eigenvalue weighted by Gasteiger charge is 2.07. The van der Waals surface area contributed by atoms with Gasteiger partial charge >= 0.3 is 0 Å². The predicted molar refractivity (Wildman–Crippen MR) is 72.3 cm³/mol. The van der Waals surface area contributed by atoms with Crippen molar-refractivity contribution in [3.63, 3.8) is 0 Å². The molecule has 0 aliphatic rings. The van der Waals surface area contributed by atoms with Gasteiger partial charge in [0.05, 0.1) is 11.9 Å². The molecule has 0 bridgehead atoms. The van der Waals surface area contributed by atoms with Crippen molar-refractivity contribution in [1.29, 1.82) is 0 Å². The first-order chi connectivity index (χ1) is 9.29. The molecule has 2 heterocycles. The van der Waals surface area contributed by atoms with E-state index < -0.39 is 0 Å². The second kappa shape index (κ2) is 4.53. The maximum atomic E-state index is 11.5. The minimum Gasteiger partial charge on any atom is -0.355 e. The highest BCUT2D eigenvalue weighted by atomic mass is 16.1. The number of amides is 1. The van der Waals surface area contributed by atoms with Crippen molar-refractivity contribution in [1.82, 2.24) is 20.1 Å². The van der Waals surface area contributed by atoms with E-state index in [1.807, 2.05) is 24.3 Å². The van der Waals surface area contributed by atoms with Gasteiger partial charge in [-0.2, -0.15) is 5.10 Å². The van der Waals surface area contributed by atoms with E-state index in [4.69, 9.17) is 0 Å². The average molecular weight is 252 g/mol. The van der Waals surface area contributed by atoms with Crippen molar-refractivity contribution in [2.45, 2.75) is 0 Å². The number of pyridine rings is 1. The number of aromatic nitrogens is 3. The van der Waals surface area contributed by atoms with Gasteiger partial charge in [-0.1, -0.05) is 0 Å². The molecule has 0 radical (unpaired) electrons. The molecule has 19 heavy (non-hydrogen) atoms. The molecule has 94 valence electrons. The summed E-state index contributed by atoms with van der Waals surface area (Å²) in [6.45, 7) is 0. The first kappa shape index (κ1) is 11.4. The van der Waals surface area contributed by atoms with Crippen LogP contribution in [0, 0.1) is 0 Å². The lowest BCUT2D eigenvalue weighted by Gasteiger charge is -2.04. The van der Waals surface area contributed by atoms with Crippen LogP contribution in [0.4, 0.5) is 0 Å². The summed E-state index contributed by atoms with van der Waals surface area (Å²) < 4.78 is 1.75. The van der Waals surface area contributed by atoms with Crippen molar-refractivity contribution in [3.05, 3.63) is 54.4 Å². The zero-order valence-corrected chi connectivity index (χ0v) is 10.4. The molecule has 0 unspecified atom stereocenters. The number of carbonyl (C=O) groups is 1. The minimum absolute atomic E-state index is 0.102. The molecule has 2 aromatic heterocycles. The number of rotatable bonds is 2. The molecule has 0 saturated heterocycles. The Hall–Kier alpha value is -2.69. The van der Waals surface area contributed by atoms with Crippen LogP contribution in [-0.4, -0.2) is 27.7 Å². The van der Waals surface area contributed by atoms with E-state index in [2.05, 4.69) is 15.4 Å². The largest absolute Gasteiger partial charge is 0.355 e. The maximum absolute atomic E-state index is 11.5. The first-order valence-electron chi connectivity index (χ1n) is 5.91. The monoisotopic (exact) mass is 252 g/mol. The van der Waals surface area contributed by atoms with Crippen molar-refractivity contribution < 1.29 is 4.79 Å². The van der Waals surface area contributed by atoms with Crippen molar-refractivity contribution in [2.75, 3.05) is 7.05 Å². The fraction of sp³-hybridized carbons (Fsp3) is 0.0714. The number of nitrogens with one attached hydrogen (secondary N) is 1. The Morgan fingerprint density at radius 3 is 2.74 bits per heavy atom. The third-order valence-corrected chi connectivity index (χ3v) is 2.93. The fourth-order valence-electron chi connectivity index (χ4n) is 1.95. The summed E-state index contributed by atoms with van der Waals surface area (Å²) >= 11 is 0. The highest BCUT2D eigenvalue weighted by molar-refractivity contribution is 5.94. The Balaban J connectivity index is 2.05. The number of carbonyl (C=O) groups excluding carboxylic acids is 1. The molecule has 5 nitrogen and oxygen atoms in total. The van der Waals surface area contributed by atoms with Gasteiger partial charge in [0, 0.05) is 24.2 Å². The van der Waals surface area contributed by atoms with Gasteiger partial charge in [-0.3, -0.25) is 4.79 Å².